The molecular formula is C20H21N3O3. The highest BCUT2D eigenvalue weighted by Gasteiger charge is 2.22. The highest BCUT2D eigenvalue weighted by Crippen LogP contribution is 2.30. The van der Waals surface area contributed by atoms with Crippen LogP contribution >= 0.6 is 0 Å². The number of nitrogens with zero attached hydrogens (tertiary/aromatic N) is 1. The van der Waals surface area contributed by atoms with Crippen molar-refractivity contribution in [2.75, 3.05) is 28.6 Å². The molecule has 0 spiro atoms. The molecule has 6 heteroatoms. The van der Waals surface area contributed by atoms with Crippen molar-refractivity contribution < 1.29 is 14.4 Å². The zero-order valence-corrected chi connectivity index (χ0v) is 14.8. The van der Waals surface area contributed by atoms with Gasteiger partial charge in [0.25, 0.3) is 0 Å². The maximum Gasteiger partial charge on any atom is 0.243 e. The molecule has 1 aliphatic heterocycles. The molecule has 0 saturated carbocycles. The summed E-state index contributed by atoms with van der Waals surface area (Å²) < 4.78 is 0. The van der Waals surface area contributed by atoms with Crippen molar-refractivity contribution in [3.63, 3.8) is 0 Å². The molecule has 2 N–H and O–H groups in total. The minimum atomic E-state index is -0.204. The van der Waals surface area contributed by atoms with Crippen LogP contribution in [0.3, 0.4) is 0 Å². The summed E-state index contributed by atoms with van der Waals surface area (Å²) in [5.41, 5.74) is 3.85. The lowest BCUT2D eigenvalue weighted by atomic mass is 10.1. The van der Waals surface area contributed by atoms with Gasteiger partial charge in [0.1, 0.15) is 0 Å². The Kier molecular flexibility index (Phi) is 5.02. The van der Waals surface area contributed by atoms with Crippen LogP contribution in [0.1, 0.15) is 29.8 Å². The Morgan fingerprint density at radius 2 is 1.85 bits per heavy atom. The number of hydrogen-bond donors (Lipinski definition) is 2. The van der Waals surface area contributed by atoms with Gasteiger partial charge in [-0.3, -0.25) is 14.4 Å². The molecule has 3 rings (SSSR count). The number of hydrogen-bond acceptors (Lipinski definition) is 4. The fourth-order valence-corrected chi connectivity index (χ4v) is 3.13. The second-order valence-corrected chi connectivity index (χ2v) is 6.27. The summed E-state index contributed by atoms with van der Waals surface area (Å²) in [5, 5.41) is 5.85. The van der Waals surface area contributed by atoms with Gasteiger partial charge in [0.2, 0.25) is 11.8 Å². The summed E-state index contributed by atoms with van der Waals surface area (Å²) in [6.07, 6.45) is 0.781. The Balaban J connectivity index is 1.63. The Morgan fingerprint density at radius 3 is 2.58 bits per heavy atom. The Labute approximate surface area is 152 Å². The third kappa shape index (κ3) is 3.74. The monoisotopic (exact) mass is 351 g/mol. The fraction of sp³-hybridized carbons (Fsp3) is 0.250. The summed E-state index contributed by atoms with van der Waals surface area (Å²) in [4.78, 5) is 37.2. The van der Waals surface area contributed by atoms with Gasteiger partial charge in [0.05, 0.1) is 6.54 Å². The van der Waals surface area contributed by atoms with Crippen molar-refractivity contribution >= 4 is 34.7 Å². The van der Waals surface area contributed by atoms with Crippen molar-refractivity contribution in [3.8, 4) is 0 Å². The molecule has 0 radical (unpaired) electrons. The molecule has 0 unspecified atom stereocenters. The van der Waals surface area contributed by atoms with E-state index < -0.39 is 0 Å². The molecule has 0 aliphatic carbocycles. The fourth-order valence-electron chi connectivity index (χ4n) is 3.13. The van der Waals surface area contributed by atoms with Gasteiger partial charge in [-0.05, 0) is 49.2 Å². The number of nitrogens with one attached hydrogen (secondary N) is 2. The molecule has 0 bridgehead atoms. The number of carbonyl (C=O) groups is 3. The van der Waals surface area contributed by atoms with E-state index in [-0.39, 0.29) is 24.1 Å². The topological polar surface area (TPSA) is 78.5 Å². The molecule has 0 atom stereocenters. The van der Waals surface area contributed by atoms with Gasteiger partial charge in [0, 0.05) is 36.1 Å². The van der Waals surface area contributed by atoms with E-state index in [1.54, 1.807) is 36.1 Å². The van der Waals surface area contributed by atoms with E-state index in [1.165, 1.54) is 6.92 Å². The van der Waals surface area contributed by atoms with Gasteiger partial charge < -0.3 is 15.5 Å². The average Bonchev–Trinajstić information content (AvgIpc) is 3.03. The number of fused-ring (bicyclic) bond motifs is 1. The molecule has 1 aliphatic rings. The van der Waals surface area contributed by atoms with Gasteiger partial charge in [-0.25, -0.2) is 0 Å². The Hall–Kier alpha value is -3.15. The van der Waals surface area contributed by atoms with Crippen LogP contribution in [0.4, 0.5) is 17.1 Å². The molecule has 26 heavy (non-hydrogen) atoms. The SMILES string of the molecule is CC(=O)c1ccccc1NCC(=O)Nc1ccc2c(c1)CCN2C(C)=O. The maximum atomic E-state index is 12.2. The van der Waals surface area contributed by atoms with E-state index in [4.69, 9.17) is 0 Å². The zero-order valence-electron chi connectivity index (χ0n) is 14.8. The van der Waals surface area contributed by atoms with Crippen molar-refractivity contribution in [2.45, 2.75) is 20.3 Å². The third-order valence-corrected chi connectivity index (χ3v) is 4.38. The maximum absolute atomic E-state index is 12.2. The molecule has 0 fully saturated rings. The summed E-state index contributed by atoms with van der Waals surface area (Å²) in [6.45, 7) is 3.78. The van der Waals surface area contributed by atoms with E-state index in [0.29, 0.717) is 23.5 Å². The van der Waals surface area contributed by atoms with Crippen molar-refractivity contribution in [1.82, 2.24) is 0 Å². The Bertz CT molecular complexity index is 876. The highest BCUT2D eigenvalue weighted by molar-refractivity contribution is 6.01. The molecule has 0 saturated heterocycles. The third-order valence-electron chi connectivity index (χ3n) is 4.38. The second-order valence-electron chi connectivity index (χ2n) is 6.27. The molecule has 2 amide bonds. The number of ketones is 1. The van der Waals surface area contributed by atoms with Crippen LogP contribution in [-0.2, 0) is 16.0 Å². The minimum Gasteiger partial charge on any atom is -0.376 e. The standard InChI is InChI=1S/C20H21N3O3/c1-13(24)17-5-3-4-6-18(17)21-12-20(26)22-16-7-8-19-15(11-16)9-10-23(19)14(2)25/h3-8,11,21H,9-10,12H2,1-2H3,(H,22,26). The predicted octanol–water partition coefficient (Wildman–Crippen LogP) is 2.85. The second kappa shape index (κ2) is 7.39. The van der Waals surface area contributed by atoms with E-state index in [9.17, 15) is 14.4 Å². The number of benzene rings is 2. The van der Waals surface area contributed by atoms with Gasteiger partial charge in [-0.1, -0.05) is 12.1 Å². The molecule has 6 nitrogen and oxygen atoms in total. The smallest absolute Gasteiger partial charge is 0.243 e. The summed E-state index contributed by atoms with van der Waals surface area (Å²) in [7, 11) is 0. The minimum absolute atomic E-state index is 0.0221. The van der Waals surface area contributed by atoms with E-state index >= 15 is 0 Å². The van der Waals surface area contributed by atoms with Crippen molar-refractivity contribution in [3.05, 3.63) is 53.6 Å². The van der Waals surface area contributed by atoms with E-state index in [2.05, 4.69) is 10.6 Å². The van der Waals surface area contributed by atoms with Gasteiger partial charge >= 0.3 is 0 Å². The first kappa shape index (κ1) is 17.7. The lowest BCUT2D eigenvalue weighted by Crippen LogP contribution is -2.25. The number of para-hydroxylation sites is 1. The lowest BCUT2D eigenvalue weighted by Gasteiger charge is -2.15. The molecule has 2 aromatic carbocycles. The van der Waals surface area contributed by atoms with E-state index in [0.717, 1.165) is 17.7 Å². The predicted molar refractivity (Wildman–Crippen MR) is 102 cm³/mol. The summed E-state index contributed by atoms with van der Waals surface area (Å²) in [5.74, 6) is -0.235. The number of carbonyl (C=O) groups excluding carboxylic acids is 3. The largest absolute Gasteiger partial charge is 0.376 e. The van der Waals surface area contributed by atoms with Crippen molar-refractivity contribution in [2.24, 2.45) is 0 Å². The Morgan fingerprint density at radius 1 is 1.08 bits per heavy atom. The molecule has 1 heterocycles. The summed E-state index contributed by atoms with van der Waals surface area (Å²) in [6, 6.07) is 12.7. The van der Waals surface area contributed by atoms with Crippen LogP contribution in [0.5, 0.6) is 0 Å². The van der Waals surface area contributed by atoms with Gasteiger partial charge in [-0.15, -0.1) is 0 Å². The molecule has 2 aromatic rings. The summed E-state index contributed by atoms with van der Waals surface area (Å²) >= 11 is 0. The lowest BCUT2D eigenvalue weighted by molar-refractivity contribution is -0.116. The molecular weight excluding hydrogens is 330 g/mol. The first-order valence-corrected chi connectivity index (χ1v) is 8.50. The first-order chi connectivity index (χ1) is 12.5. The van der Waals surface area contributed by atoms with Crippen LogP contribution < -0.4 is 15.5 Å². The number of rotatable bonds is 5. The molecule has 134 valence electrons. The van der Waals surface area contributed by atoms with Crippen LogP contribution in [0.2, 0.25) is 0 Å². The van der Waals surface area contributed by atoms with Gasteiger partial charge in [-0.2, -0.15) is 0 Å². The van der Waals surface area contributed by atoms with Crippen LogP contribution in [0, 0.1) is 0 Å². The van der Waals surface area contributed by atoms with Crippen LogP contribution in [-0.4, -0.2) is 30.7 Å². The highest BCUT2D eigenvalue weighted by atomic mass is 16.2. The number of amides is 2. The number of Topliss-reactive ketones (excluding diaryl/α,β-unsaturated/α-hetero) is 1. The van der Waals surface area contributed by atoms with Crippen molar-refractivity contribution in [1.29, 1.82) is 0 Å². The molecule has 0 aromatic heterocycles. The number of anilines is 3. The van der Waals surface area contributed by atoms with Gasteiger partial charge in [0.15, 0.2) is 5.78 Å². The van der Waals surface area contributed by atoms with Crippen LogP contribution in [0.15, 0.2) is 42.5 Å². The normalized spacial score (nSPS) is 12.5. The average molecular weight is 351 g/mol. The van der Waals surface area contributed by atoms with E-state index in [1.807, 2.05) is 18.2 Å². The first-order valence-electron chi connectivity index (χ1n) is 8.50. The van der Waals surface area contributed by atoms with Crippen LogP contribution in [0.25, 0.3) is 0 Å². The quantitative estimate of drug-likeness (QED) is 0.812. The zero-order chi connectivity index (χ0) is 18.7.